The molecular weight excluding hydrogens is 494 g/mol. The van der Waals surface area contributed by atoms with Crippen LogP contribution in [0.3, 0.4) is 0 Å². The Morgan fingerprint density at radius 2 is 0.769 bits per heavy atom. The van der Waals surface area contributed by atoms with Gasteiger partial charge in [0.15, 0.2) is 0 Å². The van der Waals surface area contributed by atoms with Gasteiger partial charge in [0.05, 0.1) is 26.2 Å². The van der Waals surface area contributed by atoms with Crippen LogP contribution in [0, 0.1) is 0 Å². The number of rotatable bonds is 30. The van der Waals surface area contributed by atoms with Crippen LogP contribution < -0.4 is 0 Å². The first kappa shape index (κ1) is 37.1. The third-order valence-electron chi connectivity index (χ3n) is 7.71. The number of unbranched alkanes of at least 4 members (excludes halogenated alkanes) is 14. The molecule has 0 spiro atoms. The number of hydrogen-bond donors (Lipinski definition) is 3. The average molecular weight is 555 g/mol. The van der Waals surface area contributed by atoms with E-state index in [9.17, 15) is 14.4 Å². The third kappa shape index (κ3) is 26.1. The van der Waals surface area contributed by atoms with Gasteiger partial charge in [0.25, 0.3) is 0 Å². The molecule has 0 radical (unpaired) electrons. The van der Waals surface area contributed by atoms with Crippen LogP contribution in [0.1, 0.15) is 148 Å². The molecule has 3 N–H and O–H groups in total. The first-order chi connectivity index (χ1) is 18.8. The van der Waals surface area contributed by atoms with Crippen LogP contribution in [0.15, 0.2) is 12.2 Å². The topological polar surface area (TPSA) is 112 Å². The van der Waals surface area contributed by atoms with E-state index in [-0.39, 0.29) is 19.3 Å². The van der Waals surface area contributed by atoms with E-state index >= 15 is 0 Å². The van der Waals surface area contributed by atoms with Crippen molar-refractivity contribution in [1.82, 2.24) is 0 Å². The van der Waals surface area contributed by atoms with Crippen LogP contribution in [-0.2, 0) is 14.4 Å². The van der Waals surface area contributed by atoms with Crippen molar-refractivity contribution >= 4 is 17.9 Å². The Kier molecular flexibility index (Phi) is 25.1. The van der Waals surface area contributed by atoms with Gasteiger partial charge in [-0.05, 0) is 70.6 Å². The van der Waals surface area contributed by atoms with E-state index in [1.807, 2.05) is 0 Å². The smallest absolute Gasteiger partial charge is 0.303 e. The SMILES string of the molecule is CCCCCCCCCCC/C=C/CCCC[N+](CCCCC(=O)O)(CCCCC(=O)O)CCCCC(=O)O. The van der Waals surface area contributed by atoms with Gasteiger partial charge in [-0.2, -0.15) is 0 Å². The van der Waals surface area contributed by atoms with E-state index in [0.29, 0.717) is 19.3 Å². The summed E-state index contributed by atoms with van der Waals surface area (Å²) in [6, 6.07) is 0. The highest BCUT2D eigenvalue weighted by Crippen LogP contribution is 2.19. The summed E-state index contributed by atoms with van der Waals surface area (Å²) in [5, 5.41) is 27.1. The maximum Gasteiger partial charge on any atom is 0.303 e. The van der Waals surface area contributed by atoms with Crippen molar-refractivity contribution < 1.29 is 34.2 Å². The lowest BCUT2D eigenvalue weighted by Gasteiger charge is -2.39. The molecule has 0 aromatic carbocycles. The van der Waals surface area contributed by atoms with Gasteiger partial charge >= 0.3 is 17.9 Å². The lowest BCUT2D eigenvalue weighted by Crippen LogP contribution is -2.51. The van der Waals surface area contributed by atoms with Crippen molar-refractivity contribution in [3.05, 3.63) is 12.2 Å². The number of nitrogens with zero attached hydrogens (tertiary/aromatic N) is 1. The van der Waals surface area contributed by atoms with Crippen molar-refractivity contribution in [3.8, 4) is 0 Å². The largest absolute Gasteiger partial charge is 0.481 e. The first-order valence-electron chi connectivity index (χ1n) is 16.0. The molecule has 0 unspecified atom stereocenters. The molecule has 0 bridgehead atoms. The summed E-state index contributed by atoms with van der Waals surface area (Å²) < 4.78 is 0.848. The second kappa shape index (κ2) is 26.3. The predicted molar refractivity (Wildman–Crippen MR) is 159 cm³/mol. The predicted octanol–water partition coefficient (Wildman–Crippen LogP) is 8.22. The molecule has 0 aliphatic carbocycles. The lowest BCUT2D eigenvalue weighted by molar-refractivity contribution is -0.929. The normalized spacial score (nSPS) is 11.8. The van der Waals surface area contributed by atoms with Gasteiger partial charge in [0, 0.05) is 19.3 Å². The van der Waals surface area contributed by atoms with E-state index < -0.39 is 17.9 Å². The van der Waals surface area contributed by atoms with Crippen molar-refractivity contribution in [3.63, 3.8) is 0 Å². The molecule has 7 nitrogen and oxygen atoms in total. The fourth-order valence-electron chi connectivity index (χ4n) is 5.36. The molecule has 39 heavy (non-hydrogen) atoms. The second-order valence-corrected chi connectivity index (χ2v) is 11.4. The third-order valence-corrected chi connectivity index (χ3v) is 7.71. The second-order valence-electron chi connectivity index (χ2n) is 11.4. The summed E-state index contributed by atoms with van der Waals surface area (Å²) in [4.78, 5) is 32.9. The zero-order valence-electron chi connectivity index (χ0n) is 25.1. The number of carbonyl (C=O) groups is 3. The zero-order chi connectivity index (χ0) is 29.0. The minimum absolute atomic E-state index is 0.168. The van der Waals surface area contributed by atoms with Crippen molar-refractivity contribution in [2.24, 2.45) is 0 Å². The van der Waals surface area contributed by atoms with E-state index in [1.165, 1.54) is 57.8 Å². The summed E-state index contributed by atoms with van der Waals surface area (Å²) in [6.45, 7) is 5.87. The Bertz CT molecular complexity index is 594. The first-order valence-corrected chi connectivity index (χ1v) is 16.0. The van der Waals surface area contributed by atoms with E-state index in [0.717, 1.165) is 75.6 Å². The molecule has 0 atom stereocenters. The van der Waals surface area contributed by atoms with Gasteiger partial charge < -0.3 is 19.8 Å². The Morgan fingerprint density at radius 1 is 0.462 bits per heavy atom. The number of aliphatic carboxylic acids is 3. The number of hydrogen-bond acceptors (Lipinski definition) is 3. The highest BCUT2D eigenvalue weighted by molar-refractivity contribution is 5.67. The Balaban J connectivity index is 4.55. The summed E-state index contributed by atoms with van der Waals surface area (Å²) in [7, 11) is 0. The van der Waals surface area contributed by atoms with Crippen LogP contribution in [0.25, 0.3) is 0 Å². The quantitative estimate of drug-likeness (QED) is 0.0468. The summed E-state index contributed by atoms with van der Waals surface area (Å²) >= 11 is 0. The Morgan fingerprint density at radius 3 is 1.13 bits per heavy atom. The van der Waals surface area contributed by atoms with E-state index in [4.69, 9.17) is 15.3 Å². The summed E-state index contributed by atoms with van der Waals surface area (Å²) in [5.74, 6) is -2.32. The van der Waals surface area contributed by atoms with Crippen LogP contribution in [0.2, 0.25) is 0 Å². The average Bonchev–Trinajstić information content (AvgIpc) is 2.89. The number of quaternary nitrogens is 1. The van der Waals surface area contributed by atoms with Gasteiger partial charge in [-0.3, -0.25) is 14.4 Å². The minimum Gasteiger partial charge on any atom is -0.481 e. The van der Waals surface area contributed by atoms with Crippen molar-refractivity contribution in [2.45, 2.75) is 148 Å². The Labute approximate surface area is 238 Å². The van der Waals surface area contributed by atoms with E-state index in [1.54, 1.807) is 0 Å². The number of allylic oxidation sites excluding steroid dienone is 2. The maximum absolute atomic E-state index is 11.0. The van der Waals surface area contributed by atoms with Crippen LogP contribution in [0.4, 0.5) is 0 Å². The van der Waals surface area contributed by atoms with Crippen molar-refractivity contribution in [2.75, 3.05) is 26.2 Å². The van der Waals surface area contributed by atoms with Crippen LogP contribution >= 0.6 is 0 Å². The molecule has 0 aliphatic rings. The highest BCUT2D eigenvalue weighted by Gasteiger charge is 2.26. The molecule has 0 saturated heterocycles. The minimum atomic E-state index is -0.773. The Hall–Kier alpha value is -1.89. The summed E-state index contributed by atoms with van der Waals surface area (Å²) in [6.07, 6.45) is 26.1. The molecule has 0 rings (SSSR count). The van der Waals surface area contributed by atoms with Gasteiger partial charge in [-0.25, -0.2) is 0 Å². The maximum atomic E-state index is 11.0. The van der Waals surface area contributed by atoms with Crippen LogP contribution in [0.5, 0.6) is 0 Å². The highest BCUT2D eigenvalue weighted by atomic mass is 16.4. The molecule has 7 heteroatoms. The molecule has 0 heterocycles. The zero-order valence-corrected chi connectivity index (χ0v) is 25.1. The van der Waals surface area contributed by atoms with Gasteiger partial charge in [-0.1, -0.05) is 70.4 Å². The molecule has 0 saturated carbocycles. The molecular formula is C32H60NO6+. The fourth-order valence-corrected chi connectivity index (χ4v) is 5.36. The summed E-state index contributed by atoms with van der Waals surface area (Å²) in [5.41, 5.74) is 0. The molecule has 0 fully saturated rings. The number of carboxylic acids is 3. The van der Waals surface area contributed by atoms with Crippen LogP contribution in [-0.4, -0.2) is 63.9 Å². The molecule has 0 amide bonds. The molecule has 0 aliphatic heterocycles. The fraction of sp³-hybridized carbons (Fsp3) is 0.844. The van der Waals surface area contributed by atoms with Crippen molar-refractivity contribution in [1.29, 1.82) is 0 Å². The van der Waals surface area contributed by atoms with E-state index in [2.05, 4.69) is 19.1 Å². The molecule has 228 valence electrons. The van der Waals surface area contributed by atoms with Gasteiger partial charge in [0.1, 0.15) is 0 Å². The number of carboxylic acid groups (broad SMARTS) is 3. The standard InChI is InChI=1S/C32H59NO6/c1-2-3-4-5-6-7-8-9-10-11-12-13-14-15-19-26-33(27-20-16-23-30(34)35,28-21-17-24-31(36)37)29-22-18-25-32(38)39/h12-13H,2-11,14-29H2,1H3,(H2-,34,35,36,37,38,39)/p+1/b13-12+. The van der Waals surface area contributed by atoms with Gasteiger partial charge in [-0.15, -0.1) is 0 Å². The van der Waals surface area contributed by atoms with Gasteiger partial charge in [0.2, 0.25) is 0 Å². The molecule has 0 aromatic heterocycles. The lowest BCUT2D eigenvalue weighted by atomic mass is 10.1. The molecule has 0 aromatic rings. The monoisotopic (exact) mass is 554 g/mol.